The first-order valence-corrected chi connectivity index (χ1v) is 30.3. The van der Waals surface area contributed by atoms with Gasteiger partial charge in [-0.05, 0) is 166 Å². The summed E-state index contributed by atoms with van der Waals surface area (Å²) in [5.41, 5.74) is 26.2. The van der Waals surface area contributed by atoms with E-state index in [1.54, 1.807) is 0 Å². The van der Waals surface area contributed by atoms with Gasteiger partial charge in [0.25, 0.3) is 0 Å². The summed E-state index contributed by atoms with van der Waals surface area (Å²) in [5, 5.41) is 10.6. The van der Waals surface area contributed by atoms with Gasteiger partial charge >= 0.3 is 0 Å². The highest BCUT2D eigenvalue weighted by molar-refractivity contribution is 5.93. The highest BCUT2D eigenvalue weighted by atomic mass is 15.2. The predicted octanol–water partition coefficient (Wildman–Crippen LogP) is 22.1. The van der Waals surface area contributed by atoms with Crippen LogP contribution in [0.25, 0.3) is 49.4 Å². The Kier molecular flexibility index (Phi) is 14.5. The van der Waals surface area contributed by atoms with Gasteiger partial charge in [-0.1, -0.05) is 253 Å². The molecule has 0 saturated heterocycles. The molecule has 0 aromatic heterocycles. The second kappa shape index (κ2) is 21.9. The number of hydrogen-bond acceptors (Lipinski definition) is 3. The summed E-state index contributed by atoms with van der Waals surface area (Å²) in [5.74, 6) is -0.109. The highest BCUT2D eigenvalue weighted by Crippen LogP contribution is 2.55. The maximum atomic E-state index is 10.6. The van der Waals surface area contributed by atoms with E-state index in [0.29, 0.717) is 11.3 Å². The largest absolute Gasteiger partial charge is 0.330 e. The van der Waals surface area contributed by atoms with Gasteiger partial charge in [-0.3, -0.25) is 0 Å². The third-order valence-corrected chi connectivity index (χ3v) is 17.6. The maximum Gasteiger partial charge on any atom is 0.189 e. The van der Waals surface area contributed by atoms with Crippen LogP contribution in [0.2, 0.25) is 0 Å². The van der Waals surface area contributed by atoms with E-state index in [4.69, 9.17) is 6.57 Å². The van der Waals surface area contributed by atoms with Gasteiger partial charge in [0.2, 0.25) is 0 Å². The fourth-order valence-corrected chi connectivity index (χ4v) is 13.6. The quantitative estimate of drug-likeness (QED) is 0.128. The summed E-state index contributed by atoms with van der Waals surface area (Å²) in [4.78, 5) is 8.93. The van der Waals surface area contributed by atoms with Crippen LogP contribution in [-0.2, 0) is 21.7 Å². The van der Waals surface area contributed by atoms with Crippen LogP contribution >= 0.6 is 0 Å². The first kappa shape index (κ1) is 57.0. The van der Waals surface area contributed by atoms with Crippen LogP contribution in [-0.4, -0.2) is 6.04 Å². The Labute approximate surface area is 511 Å². The van der Waals surface area contributed by atoms with Gasteiger partial charge in [-0.15, -0.1) is 0 Å². The molecule has 0 fully saturated rings. The molecular formula is C82H76N4. The summed E-state index contributed by atoms with van der Waals surface area (Å²) < 4.78 is 0. The molecule has 0 amide bonds. The van der Waals surface area contributed by atoms with Crippen molar-refractivity contribution in [1.82, 2.24) is 0 Å². The molecule has 0 N–H and O–H groups in total. The molecule has 4 heteroatoms. The molecule has 2 unspecified atom stereocenters. The third kappa shape index (κ3) is 10.4. The standard InChI is InChI=1S/C82H76N4/c1-79(2,3)69-32-18-14-28-61(69)56-40-46-75(67(49-56)63-30-16-20-34-71(63)81(7,8)9)85(59-26-22-24-53(48-59)52-83)73-44-38-54-37-43-66-74(45-39-55-36-42-65(73)77(54)78(55)66)86(60-27-23-25-58(51-60)84-13)76-47-41-57(62-29-15-19-33-70(62)80(4,5)6)50-68(76)64-31-17-21-35-72(64)82(10,11)12/h14-51,73,78H,1-12H3. The van der Waals surface area contributed by atoms with Gasteiger partial charge in [-0.2, -0.15) is 5.26 Å². The normalized spacial score (nSPS) is 16.3. The first-order chi connectivity index (χ1) is 41.1. The van der Waals surface area contributed by atoms with Crippen molar-refractivity contribution >= 4 is 28.4 Å². The van der Waals surface area contributed by atoms with Crippen molar-refractivity contribution in [2.24, 2.45) is 5.92 Å². The van der Waals surface area contributed by atoms with Crippen LogP contribution in [0.5, 0.6) is 0 Å². The number of benzene rings is 8. The van der Waals surface area contributed by atoms with Crippen LogP contribution in [0.4, 0.5) is 28.4 Å². The fraction of sp³-hybridized carbons (Fsp3) is 0.220. The molecule has 12 rings (SSSR count). The van der Waals surface area contributed by atoms with Crippen LogP contribution in [0, 0.1) is 23.8 Å². The average Bonchev–Trinajstić information content (AvgIpc) is 0.967. The van der Waals surface area contributed by atoms with Gasteiger partial charge in [0, 0.05) is 34.1 Å². The van der Waals surface area contributed by atoms with Gasteiger partial charge in [0.15, 0.2) is 5.69 Å². The predicted molar refractivity (Wildman–Crippen MR) is 362 cm³/mol. The molecule has 0 saturated carbocycles. The SMILES string of the molecule is [C-]#[N+]c1cccc(N(C2=C3C=CC4=C5C(=CC=C(C=C2)C35)C(N(c2cccc(C#N)c2)c2ccc(-c3ccccc3C(C)(C)C)cc2-c2ccccc2C(C)(C)C)C=C4)c2ccc(-c3ccccc3C(C)(C)C)cc2-c2ccccc2C(C)(C)C)c1. The van der Waals surface area contributed by atoms with Gasteiger partial charge in [0.05, 0.1) is 35.6 Å². The monoisotopic (exact) mass is 1120 g/mol. The minimum Gasteiger partial charge on any atom is -0.330 e. The number of rotatable bonds is 10. The van der Waals surface area contributed by atoms with E-state index in [9.17, 15) is 5.26 Å². The van der Waals surface area contributed by atoms with E-state index < -0.39 is 0 Å². The summed E-state index contributed by atoms with van der Waals surface area (Å²) >= 11 is 0. The molecule has 0 spiro atoms. The Morgan fingerprint density at radius 3 is 1.52 bits per heavy atom. The zero-order valence-electron chi connectivity index (χ0n) is 51.9. The topological polar surface area (TPSA) is 34.6 Å². The molecule has 0 aliphatic heterocycles. The van der Waals surface area contributed by atoms with E-state index in [-0.39, 0.29) is 33.6 Å². The van der Waals surface area contributed by atoms with Crippen LogP contribution in [0.15, 0.2) is 264 Å². The van der Waals surface area contributed by atoms with Crippen LogP contribution in [0.3, 0.4) is 0 Å². The minimum atomic E-state index is -0.272. The molecule has 2 atom stereocenters. The van der Waals surface area contributed by atoms with Crippen molar-refractivity contribution in [3.8, 4) is 50.6 Å². The van der Waals surface area contributed by atoms with Gasteiger partial charge in [0.1, 0.15) is 0 Å². The number of anilines is 4. The summed E-state index contributed by atoms with van der Waals surface area (Å²) in [6.45, 7) is 35.9. The number of hydrogen-bond donors (Lipinski definition) is 0. The molecule has 4 aliphatic carbocycles. The van der Waals surface area contributed by atoms with Crippen molar-refractivity contribution in [2.45, 2.75) is 111 Å². The third-order valence-electron chi connectivity index (χ3n) is 17.6. The lowest BCUT2D eigenvalue weighted by Gasteiger charge is -2.44. The second-order valence-corrected chi connectivity index (χ2v) is 27.5. The molecule has 0 radical (unpaired) electrons. The van der Waals surface area contributed by atoms with E-state index in [2.05, 4.69) is 304 Å². The highest BCUT2D eigenvalue weighted by Gasteiger charge is 2.41. The summed E-state index contributed by atoms with van der Waals surface area (Å²) in [6, 6.07) is 68.1. The molecule has 0 bridgehead atoms. The van der Waals surface area contributed by atoms with Crippen molar-refractivity contribution in [3.63, 3.8) is 0 Å². The van der Waals surface area contributed by atoms with Gasteiger partial charge < -0.3 is 9.80 Å². The van der Waals surface area contributed by atoms with E-state index in [0.717, 1.165) is 50.7 Å². The van der Waals surface area contributed by atoms with Crippen LogP contribution in [0.1, 0.15) is 111 Å². The summed E-state index contributed by atoms with van der Waals surface area (Å²) in [6.07, 6.45) is 18.7. The van der Waals surface area contributed by atoms with Crippen LogP contribution < -0.4 is 9.80 Å². The first-order valence-electron chi connectivity index (χ1n) is 30.3. The minimum absolute atomic E-state index is 0.0845. The second-order valence-electron chi connectivity index (χ2n) is 27.5. The van der Waals surface area contributed by atoms with E-state index in [1.165, 1.54) is 72.4 Å². The van der Waals surface area contributed by atoms with Crippen molar-refractivity contribution in [1.29, 1.82) is 5.26 Å². The van der Waals surface area contributed by atoms with Crippen molar-refractivity contribution in [3.05, 3.63) is 303 Å². The molecule has 0 heterocycles. The lowest BCUT2D eigenvalue weighted by molar-refractivity contribution is 0.591. The number of nitrogens with zero attached hydrogens (tertiary/aromatic N) is 4. The zero-order chi connectivity index (χ0) is 60.5. The molecule has 4 aliphatic rings. The van der Waals surface area contributed by atoms with Gasteiger partial charge in [-0.25, -0.2) is 4.85 Å². The van der Waals surface area contributed by atoms with E-state index >= 15 is 0 Å². The fourth-order valence-electron chi connectivity index (χ4n) is 13.6. The molecule has 8 aromatic rings. The molecule has 4 nitrogen and oxygen atoms in total. The van der Waals surface area contributed by atoms with Crippen molar-refractivity contribution in [2.75, 3.05) is 9.80 Å². The van der Waals surface area contributed by atoms with Crippen molar-refractivity contribution < 1.29 is 0 Å². The Hall–Kier alpha value is -9.48. The Morgan fingerprint density at radius 1 is 0.453 bits per heavy atom. The Bertz CT molecular complexity index is 4370. The molecule has 424 valence electrons. The number of allylic oxidation sites excluding steroid dienone is 10. The maximum absolute atomic E-state index is 10.6. The Balaban J connectivity index is 1.07. The molecule has 8 aromatic carbocycles. The average molecular weight is 1120 g/mol. The lowest BCUT2D eigenvalue weighted by Crippen LogP contribution is -2.37. The zero-order valence-corrected chi connectivity index (χ0v) is 51.9. The Morgan fingerprint density at radius 2 is 0.965 bits per heavy atom. The molecule has 86 heavy (non-hydrogen) atoms. The lowest BCUT2D eigenvalue weighted by atomic mass is 9.67. The molecular weight excluding hydrogens is 1040 g/mol. The smallest absolute Gasteiger partial charge is 0.189 e. The summed E-state index contributed by atoms with van der Waals surface area (Å²) in [7, 11) is 0. The number of nitriles is 1. The van der Waals surface area contributed by atoms with E-state index in [1.807, 2.05) is 30.3 Å².